The van der Waals surface area contributed by atoms with Crippen LogP contribution >= 0.6 is 0 Å². The van der Waals surface area contributed by atoms with Gasteiger partial charge in [-0.3, -0.25) is 0 Å². The second-order valence-corrected chi connectivity index (χ2v) is 3.88. The zero-order chi connectivity index (χ0) is 12.3. The molecule has 2 aromatic rings. The van der Waals surface area contributed by atoms with Crippen molar-refractivity contribution in [3.63, 3.8) is 0 Å². The molecule has 0 amide bonds. The molecule has 17 heavy (non-hydrogen) atoms. The topological polar surface area (TPSA) is 55.0 Å². The molecular weight excluding hydrogens is 212 g/mol. The van der Waals surface area contributed by atoms with E-state index in [-0.39, 0.29) is 0 Å². The molecule has 0 aliphatic heterocycles. The Bertz CT molecular complexity index is 493. The lowest BCUT2D eigenvalue weighted by molar-refractivity contribution is 1.08. The fraction of sp³-hybridized carbons (Fsp3) is 0.231. The smallest absolute Gasteiger partial charge is 0.159 e. The van der Waals surface area contributed by atoms with Gasteiger partial charge in [-0.25, -0.2) is 9.97 Å². The van der Waals surface area contributed by atoms with Crippen molar-refractivity contribution in [2.45, 2.75) is 13.3 Å². The van der Waals surface area contributed by atoms with E-state index in [4.69, 9.17) is 5.73 Å². The minimum absolute atomic E-state index is 0.578. The molecule has 4 heteroatoms. The van der Waals surface area contributed by atoms with Crippen LogP contribution in [-0.4, -0.2) is 17.0 Å². The van der Waals surface area contributed by atoms with Gasteiger partial charge >= 0.3 is 0 Å². The maximum absolute atomic E-state index is 5.85. The Labute approximate surface area is 101 Å². The van der Waals surface area contributed by atoms with Gasteiger partial charge in [-0.1, -0.05) is 19.1 Å². The van der Waals surface area contributed by atoms with E-state index in [1.54, 1.807) is 6.20 Å². The summed E-state index contributed by atoms with van der Waals surface area (Å²) in [6, 6.07) is 8.37. The molecule has 2 N–H and O–H groups in total. The van der Waals surface area contributed by atoms with E-state index >= 15 is 0 Å². The minimum atomic E-state index is 0.578. The van der Waals surface area contributed by atoms with Crippen LogP contribution in [0.1, 0.15) is 12.5 Å². The second kappa shape index (κ2) is 4.82. The number of nitrogen functional groups attached to an aromatic ring is 1. The van der Waals surface area contributed by atoms with Crippen LogP contribution in [0, 0.1) is 0 Å². The normalized spacial score (nSPS) is 10.2. The SMILES string of the molecule is CCc1ccc(N(C)c2ncncc2N)cc1. The van der Waals surface area contributed by atoms with Crippen molar-refractivity contribution in [1.82, 2.24) is 9.97 Å². The lowest BCUT2D eigenvalue weighted by Gasteiger charge is -2.19. The molecule has 0 fully saturated rings. The first-order valence-corrected chi connectivity index (χ1v) is 5.60. The second-order valence-electron chi connectivity index (χ2n) is 3.88. The van der Waals surface area contributed by atoms with Crippen LogP contribution in [0.5, 0.6) is 0 Å². The highest BCUT2D eigenvalue weighted by atomic mass is 15.2. The number of benzene rings is 1. The van der Waals surface area contributed by atoms with Crippen molar-refractivity contribution < 1.29 is 0 Å². The van der Waals surface area contributed by atoms with Gasteiger partial charge in [0.1, 0.15) is 6.33 Å². The minimum Gasteiger partial charge on any atom is -0.394 e. The van der Waals surface area contributed by atoms with Crippen LogP contribution in [0.25, 0.3) is 0 Å². The third-order valence-electron chi connectivity index (χ3n) is 2.77. The van der Waals surface area contributed by atoms with Gasteiger partial charge in [0.25, 0.3) is 0 Å². The lowest BCUT2D eigenvalue weighted by Crippen LogP contribution is -2.13. The van der Waals surface area contributed by atoms with E-state index in [0.29, 0.717) is 5.69 Å². The summed E-state index contributed by atoms with van der Waals surface area (Å²) < 4.78 is 0. The van der Waals surface area contributed by atoms with Gasteiger partial charge in [0, 0.05) is 12.7 Å². The molecule has 0 saturated heterocycles. The summed E-state index contributed by atoms with van der Waals surface area (Å²) in [7, 11) is 1.94. The Morgan fingerprint density at radius 2 is 1.94 bits per heavy atom. The van der Waals surface area contributed by atoms with Gasteiger partial charge in [-0.2, -0.15) is 0 Å². The number of anilines is 3. The van der Waals surface area contributed by atoms with Gasteiger partial charge in [0.2, 0.25) is 0 Å². The van der Waals surface area contributed by atoms with Gasteiger partial charge in [-0.15, -0.1) is 0 Å². The highest BCUT2D eigenvalue weighted by Crippen LogP contribution is 2.25. The largest absolute Gasteiger partial charge is 0.394 e. The summed E-state index contributed by atoms with van der Waals surface area (Å²) >= 11 is 0. The van der Waals surface area contributed by atoms with Crippen molar-refractivity contribution in [1.29, 1.82) is 0 Å². The molecule has 4 nitrogen and oxygen atoms in total. The van der Waals surface area contributed by atoms with E-state index < -0.39 is 0 Å². The Hall–Kier alpha value is -2.10. The molecule has 0 spiro atoms. The monoisotopic (exact) mass is 228 g/mol. The summed E-state index contributed by atoms with van der Waals surface area (Å²) in [6.45, 7) is 2.14. The number of hydrogen-bond donors (Lipinski definition) is 1. The zero-order valence-electron chi connectivity index (χ0n) is 10.1. The summed E-state index contributed by atoms with van der Waals surface area (Å²) in [6.07, 6.45) is 4.15. The third-order valence-corrected chi connectivity index (χ3v) is 2.77. The van der Waals surface area contributed by atoms with Gasteiger partial charge in [-0.05, 0) is 24.1 Å². The fourth-order valence-electron chi connectivity index (χ4n) is 1.69. The molecule has 0 radical (unpaired) electrons. The first kappa shape index (κ1) is 11.4. The number of aromatic nitrogens is 2. The Balaban J connectivity index is 2.30. The summed E-state index contributed by atoms with van der Waals surface area (Å²) in [5.74, 6) is 0.726. The molecule has 0 unspecified atom stereocenters. The van der Waals surface area contributed by atoms with E-state index in [0.717, 1.165) is 17.9 Å². The van der Waals surface area contributed by atoms with E-state index in [1.165, 1.54) is 11.9 Å². The van der Waals surface area contributed by atoms with E-state index in [9.17, 15) is 0 Å². The van der Waals surface area contributed by atoms with Gasteiger partial charge < -0.3 is 10.6 Å². The number of rotatable bonds is 3. The van der Waals surface area contributed by atoms with Gasteiger partial charge in [0.05, 0.1) is 11.9 Å². The molecule has 1 aromatic carbocycles. The average molecular weight is 228 g/mol. The van der Waals surface area contributed by atoms with Crippen LogP contribution in [0.2, 0.25) is 0 Å². The summed E-state index contributed by atoms with van der Waals surface area (Å²) in [5.41, 5.74) is 8.81. The third kappa shape index (κ3) is 2.36. The molecule has 1 aromatic heterocycles. The van der Waals surface area contributed by atoms with Crippen LogP contribution < -0.4 is 10.6 Å². The average Bonchev–Trinajstić information content (AvgIpc) is 2.39. The fourth-order valence-corrected chi connectivity index (χ4v) is 1.69. The standard InChI is InChI=1S/C13H16N4/c1-3-10-4-6-11(7-5-10)17(2)13-12(14)8-15-9-16-13/h4-9H,3,14H2,1-2H3. The van der Waals surface area contributed by atoms with Crippen molar-refractivity contribution in [2.75, 3.05) is 17.7 Å². The number of nitrogens with two attached hydrogens (primary N) is 1. The summed E-state index contributed by atoms with van der Waals surface area (Å²) in [5, 5.41) is 0. The zero-order valence-corrected chi connectivity index (χ0v) is 10.1. The Kier molecular flexibility index (Phi) is 3.23. The maximum Gasteiger partial charge on any atom is 0.159 e. The molecular formula is C13H16N4. The molecule has 88 valence electrons. The van der Waals surface area contributed by atoms with E-state index in [2.05, 4.69) is 41.2 Å². The lowest BCUT2D eigenvalue weighted by atomic mass is 10.1. The highest BCUT2D eigenvalue weighted by molar-refractivity contribution is 5.69. The van der Waals surface area contributed by atoms with Crippen molar-refractivity contribution in [3.8, 4) is 0 Å². The predicted molar refractivity (Wildman–Crippen MR) is 70.3 cm³/mol. The maximum atomic E-state index is 5.85. The van der Waals surface area contributed by atoms with Crippen LogP contribution in [0.15, 0.2) is 36.8 Å². The number of aryl methyl sites for hydroxylation is 1. The molecule has 0 bridgehead atoms. The number of nitrogens with zero attached hydrogens (tertiary/aromatic N) is 3. The quantitative estimate of drug-likeness (QED) is 0.876. The Morgan fingerprint density at radius 3 is 2.53 bits per heavy atom. The van der Waals surface area contributed by atoms with E-state index in [1.807, 2.05) is 11.9 Å². The molecule has 0 aliphatic carbocycles. The van der Waals surface area contributed by atoms with Gasteiger partial charge in [0.15, 0.2) is 5.82 Å². The van der Waals surface area contributed by atoms with Crippen LogP contribution in [0.3, 0.4) is 0 Å². The number of hydrogen-bond acceptors (Lipinski definition) is 4. The first-order valence-electron chi connectivity index (χ1n) is 5.60. The molecule has 0 atom stereocenters. The molecule has 2 rings (SSSR count). The van der Waals surface area contributed by atoms with Crippen molar-refractivity contribution in [2.24, 2.45) is 0 Å². The van der Waals surface area contributed by atoms with Crippen molar-refractivity contribution >= 4 is 17.2 Å². The summed E-state index contributed by atoms with van der Waals surface area (Å²) in [4.78, 5) is 10.0. The Morgan fingerprint density at radius 1 is 1.24 bits per heavy atom. The van der Waals surface area contributed by atoms with Crippen LogP contribution in [0.4, 0.5) is 17.2 Å². The predicted octanol–water partition coefficient (Wildman–Crippen LogP) is 2.39. The molecule has 0 saturated carbocycles. The molecule has 1 heterocycles. The molecule has 0 aliphatic rings. The van der Waals surface area contributed by atoms with Crippen molar-refractivity contribution in [3.05, 3.63) is 42.4 Å². The van der Waals surface area contributed by atoms with Crippen LogP contribution in [-0.2, 0) is 6.42 Å². The first-order chi connectivity index (χ1) is 8.22. The highest BCUT2D eigenvalue weighted by Gasteiger charge is 2.08.